The Kier molecular flexibility index (Phi) is 3.17. The summed E-state index contributed by atoms with van der Waals surface area (Å²) in [6, 6.07) is 5.99. The molecule has 1 amide bonds. The van der Waals surface area contributed by atoms with Crippen LogP contribution in [0.2, 0.25) is 0 Å². The van der Waals surface area contributed by atoms with Crippen LogP contribution in [0.1, 0.15) is 28.1 Å². The molecule has 1 aliphatic carbocycles. The Labute approximate surface area is 138 Å². The van der Waals surface area contributed by atoms with Crippen LogP contribution in [0.25, 0.3) is 10.9 Å². The molecule has 0 spiro atoms. The number of pyridine rings is 2. The summed E-state index contributed by atoms with van der Waals surface area (Å²) in [6.45, 7) is 7.94. The van der Waals surface area contributed by atoms with E-state index >= 15 is 0 Å². The van der Waals surface area contributed by atoms with Crippen LogP contribution in [0.15, 0.2) is 24.4 Å². The smallest absolute Gasteiger partial charge is 0.224 e. The van der Waals surface area contributed by atoms with Gasteiger partial charge < -0.3 is 10.6 Å². The predicted molar refractivity (Wildman–Crippen MR) is 93.0 cm³/mol. The maximum Gasteiger partial charge on any atom is 0.224 e. The number of carbonyl (C=O) groups excluding carboxylic acids is 1. The van der Waals surface area contributed by atoms with Crippen LogP contribution in [0.4, 0.5) is 0 Å². The molecule has 5 nitrogen and oxygen atoms in total. The number of fused-ring (bicyclic) bond motifs is 2. The molecule has 2 aromatic heterocycles. The number of piperidine rings is 1. The number of aryl methyl sites for hydroxylation is 1. The first-order chi connectivity index (χ1) is 11.0. The van der Waals surface area contributed by atoms with Crippen molar-refractivity contribution in [3.05, 3.63) is 35.8 Å². The first-order valence-electron chi connectivity index (χ1n) is 8.23. The topological polar surface area (TPSA) is 66.9 Å². The van der Waals surface area contributed by atoms with Gasteiger partial charge in [0.2, 0.25) is 5.91 Å². The molecule has 0 aromatic carbocycles. The van der Waals surface area contributed by atoms with Gasteiger partial charge in [-0.25, -0.2) is 0 Å². The highest BCUT2D eigenvalue weighted by Crippen LogP contribution is 2.49. The number of nitrogens with zero attached hydrogens (tertiary/aromatic N) is 2. The lowest BCUT2D eigenvalue weighted by Crippen LogP contribution is -2.44. The Balaban J connectivity index is 0.00000113. The fraction of sp³-hybridized carbons (Fsp3) is 0.500. The van der Waals surface area contributed by atoms with Crippen LogP contribution in [-0.4, -0.2) is 29.0 Å². The standard InChI is InChI=1S/C18H22N4O.2H2/c1-10-7-11-5-4-6-20-15(11)16(21-10)18(2,3)22-17(23)14-12-8-19-9-13(12)14;;/h4-7,12-14,19H,8-9H2,1-3H3,(H,22,23);2*1H/t12-,13+,14?;;. The van der Waals surface area contributed by atoms with Crippen molar-refractivity contribution >= 4 is 16.8 Å². The molecule has 2 fully saturated rings. The van der Waals surface area contributed by atoms with Gasteiger partial charge in [0.15, 0.2) is 0 Å². The molecule has 3 heterocycles. The van der Waals surface area contributed by atoms with E-state index in [0.29, 0.717) is 11.8 Å². The lowest BCUT2D eigenvalue weighted by atomic mass is 9.96. The second-order valence-electron chi connectivity index (χ2n) is 7.31. The molecule has 0 bridgehead atoms. The van der Waals surface area contributed by atoms with Crippen molar-refractivity contribution < 1.29 is 7.65 Å². The van der Waals surface area contributed by atoms with Gasteiger partial charge in [0.05, 0.1) is 16.7 Å². The summed E-state index contributed by atoms with van der Waals surface area (Å²) in [5.41, 5.74) is 2.10. The maximum atomic E-state index is 12.6. The van der Waals surface area contributed by atoms with Crippen LogP contribution in [0.3, 0.4) is 0 Å². The van der Waals surface area contributed by atoms with Gasteiger partial charge in [0.1, 0.15) is 0 Å². The molecule has 1 saturated heterocycles. The summed E-state index contributed by atoms with van der Waals surface area (Å²) in [5, 5.41) is 7.60. The zero-order valence-corrected chi connectivity index (χ0v) is 13.8. The molecule has 2 aliphatic rings. The largest absolute Gasteiger partial charge is 0.345 e. The zero-order valence-electron chi connectivity index (χ0n) is 13.8. The molecule has 1 unspecified atom stereocenters. The number of nitrogens with one attached hydrogen (secondary N) is 2. The fourth-order valence-corrected chi connectivity index (χ4v) is 3.91. The summed E-state index contributed by atoms with van der Waals surface area (Å²) in [5.74, 6) is 1.36. The van der Waals surface area contributed by atoms with E-state index < -0.39 is 5.54 Å². The average Bonchev–Trinajstić information content (AvgIpc) is 2.99. The molecule has 2 aromatic rings. The van der Waals surface area contributed by atoms with Gasteiger partial charge in [-0.3, -0.25) is 14.8 Å². The Hall–Kier alpha value is -2.01. The SMILES string of the molecule is Cc1cc2cccnc2c(C(C)(C)NC(=O)C2[C@H]3CNC[C@@H]23)n1.[HH].[HH]. The van der Waals surface area contributed by atoms with E-state index in [0.717, 1.165) is 35.4 Å². The summed E-state index contributed by atoms with van der Waals surface area (Å²) in [7, 11) is 0. The van der Waals surface area contributed by atoms with Gasteiger partial charge in [-0.15, -0.1) is 0 Å². The first kappa shape index (κ1) is 14.6. The predicted octanol–water partition coefficient (Wildman–Crippen LogP) is 2.25. The van der Waals surface area contributed by atoms with Gasteiger partial charge in [0.25, 0.3) is 0 Å². The van der Waals surface area contributed by atoms with Crippen molar-refractivity contribution in [2.45, 2.75) is 26.3 Å². The Morgan fingerprint density at radius 1 is 1.39 bits per heavy atom. The Morgan fingerprint density at radius 2 is 2.13 bits per heavy atom. The molecule has 2 N–H and O–H groups in total. The number of hydrogen-bond acceptors (Lipinski definition) is 4. The first-order valence-corrected chi connectivity index (χ1v) is 8.23. The number of carbonyl (C=O) groups is 1. The van der Waals surface area contributed by atoms with Crippen LogP contribution in [0.5, 0.6) is 0 Å². The van der Waals surface area contributed by atoms with Gasteiger partial charge in [-0.05, 0) is 57.8 Å². The molecule has 3 atom stereocenters. The van der Waals surface area contributed by atoms with E-state index in [2.05, 4.69) is 20.6 Å². The van der Waals surface area contributed by atoms with Crippen molar-refractivity contribution in [2.75, 3.05) is 13.1 Å². The second kappa shape index (κ2) is 4.99. The quantitative estimate of drug-likeness (QED) is 0.912. The van der Waals surface area contributed by atoms with Gasteiger partial charge in [-0.1, -0.05) is 6.07 Å². The fourth-order valence-electron chi connectivity index (χ4n) is 3.91. The van der Waals surface area contributed by atoms with E-state index in [-0.39, 0.29) is 14.7 Å². The van der Waals surface area contributed by atoms with Gasteiger partial charge in [0, 0.05) is 26.0 Å². The monoisotopic (exact) mass is 314 g/mol. The molecule has 1 aliphatic heterocycles. The van der Waals surface area contributed by atoms with E-state index in [4.69, 9.17) is 0 Å². The molecule has 4 rings (SSSR count). The van der Waals surface area contributed by atoms with Crippen molar-refractivity contribution in [1.82, 2.24) is 20.6 Å². The summed E-state index contributed by atoms with van der Waals surface area (Å²) >= 11 is 0. The lowest BCUT2D eigenvalue weighted by Gasteiger charge is -2.27. The third-order valence-electron chi connectivity index (χ3n) is 5.14. The summed E-state index contributed by atoms with van der Waals surface area (Å²) < 4.78 is 0. The minimum atomic E-state index is -0.542. The van der Waals surface area contributed by atoms with Crippen LogP contribution in [0, 0.1) is 24.7 Å². The highest BCUT2D eigenvalue weighted by atomic mass is 16.2. The number of amides is 1. The van der Waals surface area contributed by atoms with Crippen molar-refractivity contribution in [2.24, 2.45) is 17.8 Å². The van der Waals surface area contributed by atoms with Crippen molar-refractivity contribution in [1.29, 1.82) is 0 Å². The maximum absolute atomic E-state index is 12.6. The molecule has 23 heavy (non-hydrogen) atoms. The Morgan fingerprint density at radius 3 is 2.87 bits per heavy atom. The normalized spacial score (nSPS) is 26.1. The van der Waals surface area contributed by atoms with E-state index in [1.165, 1.54) is 0 Å². The minimum absolute atomic E-state index is 0. The van der Waals surface area contributed by atoms with Crippen LogP contribution in [-0.2, 0) is 10.3 Å². The average molecular weight is 314 g/mol. The van der Waals surface area contributed by atoms with Gasteiger partial charge >= 0.3 is 0 Å². The minimum Gasteiger partial charge on any atom is -0.345 e. The molecule has 1 saturated carbocycles. The highest BCUT2D eigenvalue weighted by molar-refractivity contribution is 5.85. The molecule has 0 radical (unpaired) electrons. The summed E-state index contributed by atoms with van der Waals surface area (Å²) in [4.78, 5) is 21.8. The molecular formula is C18H26N4O. The van der Waals surface area contributed by atoms with Crippen LogP contribution < -0.4 is 10.6 Å². The second-order valence-corrected chi connectivity index (χ2v) is 7.31. The third-order valence-corrected chi connectivity index (χ3v) is 5.14. The number of hydrogen-bond donors (Lipinski definition) is 2. The Bertz CT molecular complexity index is 786. The molecule has 5 heteroatoms. The van der Waals surface area contributed by atoms with Crippen molar-refractivity contribution in [3.63, 3.8) is 0 Å². The number of aromatic nitrogens is 2. The number of rotatable bonds is 3. The highest BCUT2D eigenvalue weighted by Gasteiger charge is 2.57. The molecular weight excluding hydrogens is 288 g/mol. The molecule has 124 valence electrons. The van der Waals surface area contributed by atoms with Crippen molar-refractivity contribution in [3.8, 4) is 0 Å². The summed E-state index contributed by atoms with van der Waals surface area (Å²) in [6.07, 6.45) is 1.78. The zero-order chi connectivity index (χ0) is 16.2. The van der Waals surface area contributed by atoms with Gasteiger partial charge in [-0.2, -0.15) is 0 Å². The van der Waals surface area contributed by atoms with E-state index in [1.54, 1.807) is 6.20 Å². The van der Waals surface area contributed by atoms with E-state index in [1.807, 2.05) is 39.0 Å². The van der Waals surface area contributed by atoms with Crippen LogP contribution >= 0.6 is 0 Å². The van der Waals surface area contributed by atoms with E-state index in [9.17, 15) is 4.79 Å². The lowest BCUT2D eigenvalue weighted by molar-refractivity contribution is -0.124. The third kappa shape index (κ3) is 2.39.